The first-order chi connectivity index (χ1) is 18.5. The van der Waals surface area contributed by atoms with Crippen molar-refractivity contribution in [2.75, 3.05) is 17.4 Å². The molecule has 3 rings (SSSR count). The van der Waals surface area contributed by atoms with Crippen molar-refractivity contribution in [3.8, 4) is 0 Å². The maximum atomic E-state index is 14.0. The maximum Gasteiger partial charge on any atom is 0.264 e. The van der Waals surface area contributed by atoms with Gasteiger partial charge in [-0.05, 0) is 60.4 Å². The summed E-state index contributed by atoms with van der Waals surface area (Å²) in [5, 5.41) is 3.77. The van der Waals surface area contributed by atoms with Gasteiger partial charge in [-0.1, -0.05) is 80.4 Å². The van der Waals surface area contributed by atoms with Crippen LogP contribution in [0.25, 0.3) is 0 Å². The zero-order valence-electron chi connectivity index (χ0n) is 22.2. The zero-order valence-corrected chi connectivity index (χ0v) is 24.5. The Morgan fingerprint density at radius 3 is 2.10 bits per heavy atom. The van der Waals surface area contributed by atoms with Gasteiger partial charge in [-0.2, -0.15) is 0 Å². The van der Waals surface area contributed by atoms with Crippen LogP contribution in [0.3, 0.4) is 0 Å². The third-order valence-electron chi connectivity index (χ3n) is 6.09. The lowest BCUT2D eigenvalue weighted by molar-refractivity contribution is -0.140. The third kappa shape index (κ3) is 7.97. The number of carbonyl (C=O) groups excluding carboxylic acids is 2. The highest BCUT2D eigenvalue weighted by molar-refractivity contribution is 7.92. The number of amides is 2. The van der Waals surface area contributed by atoms with Gasteiger partial charge in [0, 0.05) is 23.1 Å². The Kier molecular flexibility index (Phi) is 10.8. The molecule has 208 valence electrons. The molecule has 0 bridgehead atoms. The summed E-state index contributed by atoms with van der Waals surface area (Å²) in [6.07, 6.45) is 0.326. The standard InChI is InChI=1S/C29H33Cl2N3O4S/c1-4-27(29(36)32-18-21(2)3)33(19-22-10-8-9-13-26(22)31)28(35)20-34(24-16-14-23(30)15-17-24)39(37,38)25-11-6-5-7-12-25/h5-17,21,27H,4,18-20H2,1-3H3,(H,32,36)/t27-/m0/s1. The summed E-state index contributed by atoms with van der Waals surface area (Å²) in [5.74, 6) is -0.637. The van der Waals surface area contributed by atoms with E-state index in [1.165, 1.54) is 17.0 Å². The topological polar surface area (TPSA) is 86.8 Å². The lowest BCUT2D eigenvalue weighted by atomic mass is 10.1. The first-order valence-corrected chi connectivity index (χ1v) is 14.9. The number of hydrogen-bond acceptors (Lipinski definition) is 4. The van der Waals surface area contributed by atoms with E-state index >= 15 is 0 Å². The molecule has 0 aliphatic rings. The fourth-order valence-electron chi connectivity index (χ4n) is 4.01. The lowest BCUT2D eigenvalue weighted by Crippen LogP contribution is -2.52. The fourth-order valence-corrected chi connectivity index (χ4v) is 5.76. The summed E-state index contributed by atoms with van der Waals surface area (Å²) in [5.41, 5.74) is 0.915. The van der Waals surface area contributed by atoms with Gasteiger partial charge < -0.3 is 10.2 Å². The van der Waals surface area contributed by atoms with Gasteiger partial charge in [0.25, 0.3) is 10.0 Å². The Bertz CT molecular complexity index is 1370. The summed E-state index contributed by atoms with van der Waals surface area (Å²) in [4.78, 5) is 28.7. The second-order valence-corrected chi connectivity index (χ2v) is 12.2. The minimum atomic E-state index is -4.13. The highest BCUT2D eigenvalue weighted by atomic mass is 35.5. The summed E-state index contributed by atoms with van der Waals surface area (Å²) >= 11 is 12.5. The number of anilines is 1. The van der Waals surface area contributed by atoms with Crippen molar-refractivity contribution in [3.05, 3.63) is 94.5 Å². The predicted molar refractivity (Wildman–Crippen MR) is 156 cm³/mol. The Labute approximate surface area is 240 Å². The van der Waals surface area contributed by atoms with E-state index in [1.807, 2.05) is 20.8 Å². The van der Waals surface area contributed by atoms with Gasteiger partial charge in [0.2, 0.25) is 11.8 Å². The van der Waals surface area contributed by atoms with Crippen molar-refractivity contribution in [1.29, 1.82) is 0 Å². The van der Waals surface area contributed by atoms with Gasteiger partial charge in [0.15, 0.2) is 0 Å². The molecule has 0 saturated carbocycles. The van der Waals surface area contributed by atoms with Gasteiger partial charge in [0.05, 0.1) is 10.6 Å². The van der Waals surface area contributed by atoms with Crippen molar-refractivity contribution in [2.45, 2.75) is 44.7 Å². The molecule has 0 radical (unpaired) electrons. The number of carbonyl (C=O) groups is 2. The Hall–Kier alpha value is -3.07. The van der Waals surface area contributed by atoms with Crippen LogP contribution in [0.15, 0.2) is 83.8 Å². The molecule has 10 heteroatoms. The largest absolute Gasteiger partial charge is 0.354 e. The smallest absolute Gasteiger partial charge is 0.264 e. The summed E-state index contributed by atoms with van der Waals surface area (Å²) in [6, 6.07) is 20.3. The van der Waals surface area contributed by atoms with E-state index in [9.17, 15) is 18.0 Å². The third-order valence-corrected chi connectivity index (χ3v) is 8.50. The van der Waals surface area contributed by atoms with E-state index in [0.29, 0.717) is 28.6 Å². The number of rotatable bonds is 12. The number of hydrogen-bond donors (Lipinski definition) is 1. The SMILES string of the molecule is CC[C@@H](C(=O)NCC(C)C)N(Cc1ccccc1Cl)C(=O)CN(c1ccc(Cl)cc1)S(=O)(=O)c1ccccc1. The fraction of sp³-hybridized carbons (Fsp3) is 0.310. The molecule has 7 nitrogen and oxygen atoms in total. The lowest BCUT2D eigenvalue weighted by Gasteiger charge is -2.33. The van der Waals surface area contributed by atoms with Gasteiger partial charge in [0.1, 0.15) is 12.6 Å². The van der Waals surface area contributed by atoms with Crippen LogP contribution in [0.1, 0.15) is 32.8 Å². The van der Waals surface area contributed by atoms with Crippen molar-refractivity contribution < 1.29 is 18.0 Å². The second kappa shape index (κ2) is 13.8. The van der Waals surface area contributed by atoms with Crippen LogP contribution in [-0.4, -0.2) is 44.3 Å². The average molecular weight is 591 g/mol. The number of halogens is 2. The van der Waals surface area contributed by atoms with Crippen molar-refractivity contribution >= 4 is 50.7 Å². The number of nitrogens with one attached hydrogen (secondary N) is 1. The van der Waals surface area contributed by atoms with Gasteiger partial charge in [-0.25, -0.2) is 8.42 Å². The molecular weight excluding hydrogens is 557 g/mol. The molecule has 0 heterocycles. The zero-order chi connectivity index (χ0) is 28.6. The molecule has 0 unspecified atom stereocenters. The molecule has 3 aromatic rings. The van der Waals surface area contributed by atoms with Crippen molar-refractivity contribution in [2.24, 2.45) is 5.92 Å². The van der Waals surface area contributed by atoms with Crippen LogP contribution in [0.5, 0.6) is 0 Å². The molecule has 39 heavy (non-hydrogen) atoms. The average Bonchev–Trinajstić information content (AvgIpc) is 2.92. The molecule has 1 N–H and O–H groups in total. The molecule has 0 fully saturated rings. The van der Waals surface area contributed by atoms with E-state index in [4.69, 9.17) is 23.2 Å². The Balaban J connectivity index is 2.04. The highest BCUT2D eigenvalue weighted by Crippen LogP contribution is 2.27. The molecule has 2 amide bonds. The summed E-state index contributed by atoms with van der Waals surface area (Å²) < 4.78 is 28.6. The van der Waals surface area contributed by atoms with E-state index in [1.54, 1.807) is 66.7 Å². The molecule has 0 aliphatic heterocycles. The van der Waals surface area contributed by atoms with E-state index in [2.05, 4.69) is 5.32 Å². The van der Waals surface area contributed by atoms with Gasteiger partial charge >= 0.3 is 0 Å². The summed E-state index contributed by atoms with van der Waals surface area (Å²) in [6.45, 7) is 5.72. The minimum absolute atomic E-state index is 0.0337. The van der Waals surface area contributed by atoms with E-state index < -0.39 is 28.5 Å². The number of benzene rings is 3. The first-order valence-electron chi connectivity index (χ1n) is 12.7. The number of sulfonamides is 1. The van der Waals surface area contributed by atoms with Crippen LogP contribution in [0.2, 0.25) is 10.0 Å². The maximum absolute atomic E-state index is 14.0. The molecule has 0 aliphatic carbocycles. The molecule has 1 atom stereocenters. The van der Waals surface area contributed by atoms with Crippen molar-refractivity contribution in [1.82, 2.24) is 10.2 Å². The van der Waals surface area contributed by atoms with E-state index in [0.717, 1.165) is 4.31 Å². The second-order valence-electron chi connectivity index (χ2n) is 9.48. The molecule has 0 saturated heterocycles. The molecule has 0 spiro atoms. The van der Waals surface area contributed by atoms with Crippen molar-refractivity contribution in [3.63, 3.8) is 0 Å². The predicted octanol–water partition coefficient (Wildman–Crippen LogP) is 5.77. The monoisotopic (exact) mass is 589 g/mol. The van der Waals surface area contributed by atoms with Crippen LogP contribution < -0.4 is 9.62 Å². The first kappa shape index (κ1) is 30.5. The Morgan fingerprint density at radius 2 is 1.51 bits per heavy atom. The molecule has 0 aromatic heterocycles. The van der Waals surface area contributed by atoms with Gasteiger partial charge in [-0.15, -0.1) is 0 Å². The highest BCUT2D eigenvalue weighted by Gasteiger charge is 2.33. The summed E-state index contributed by atoms with van der Waals surface area (Å²) in [7, 11) is -4.13. The quantitative estimate of drug-likeness (QED) is 0.290. The van der Waals surface area contributed by atoms with Gasteiger partial charge in [-0.3, -0.25) is 13.9 Å². The normalized spacial score (nSPS) is 12.2. The van der Waals surface area contributed by atoms with Crippen LogP contribution in [-0.2, 0) is 26.2 Å². The Morgan fingerprint density at radius 1 is 0.897 bits per heavy atom. The van der Waals surface area contributed by atoms with Crippen LogP contribution >= 0.6 is 23.2 Å². The van der Waals surface area contributed by atoms with Crippen LogP contribution in [0, 0.1) is 5.92 Å². The number of nitrogens with zero attached hydrogens (tertiary/aromatic N) is 2. The van der Waals surface area contributed by atoms with E-state index in [-0.39, 0.29) is 29.0 Å². The molecular formula is C29H33Cl2N3O4S. The molecule has 3 aromatic carbocycles. The minimum Gasteiger partial charge on any atom is -0.354 e. The van der Waals surface area contributed by atoms with Crippen LogP contribution in [0.4, 0.5) is 5.69 Å².